The average molecular weight is 244 g/mol. The van der Waals surface area contributed by atoms with Crippen molar-refractivity contribution < 1.29 is 0 Å². The summed E-state index contributed by atoms with van der Waals surface area (Å²) in [6.07, 6.45) is 9.83. The fourth-order valence-corrected chi connectivity index (χ4v) is 2.56. The van der Waals surface area contributed by atoms with Crippen LogP contribution < -0.4 is 5.73 Å². The smallest absolute Gasteiger partial charge is 0.0404 e. The van der Waals surface area contributed by atoms with Crippen molar-refractivity contribution >= 4 is 6.08 Å². The number of hydrogen-bond donors (Lipinski definition) is 1. The summed E-state index contributed by atoms with van der Waals surface area (Å²) in [5.74, 6) is 0. The zero-order valence-corrected chi connectivity index (χ0v) is 11.1. The molecular weight excluding hydrogens is 220 g/mol. The van der Waals surface area contributed by atoms with Crippen LogP contribution in [-0.2, 0) is 0 Å². The Bertz CT molecular complexity index is 351. The second kappa shape index (κ2) is 7.34. The maximum Gasteiger partial charge on any atom is 0.0404 e. The van der Waals surface area contributed by atoms with Gasteiger partial charge in [0.05, 0.1) is 0 Å². The third kappa shape index (κ3) is 3.97. The largest absolute Gasteiger partial charge is 0.329 e. The molecule has 1 saturated heterocycles. The molecule has 1 unspecified atom stereocenters. The Morgan fingerprint density at radius 1 is 1.06 bits per heavy atom. The van der Waals surface area contributed by atoms with Gasteiger partial charge in [0.15, 0.2) is 0 Å². The quantitative estimate of drug-likeness (QED) is 0.882. The first-order chi connectivity index (χ1) is 8.90. The van der Waals surface area contributed by atoms with Crippen LogP contribution in [0.1, 0.15) is 31.2 Å². The minimum absolute atomic E-state index is 0.392. The molecule has 0 radical (unpaired) electrons. The number of rotatable bonds is 4. The van der Waals surface area contributed by atoms with Gasteiger partial charge in [-0.25, -0.2) is 0 Å². The number of benzene rings is 1. The normalized spacial score (nSPS) is 19.8. The van der Waals surface area contributed by atoms with Gasteiger partial charge in [-0.2, -0.15) is 0 Å². The van der Waals surface area contributed by atoms with E-state index in [0.717, 1.165) is 0 Å². The predicted molar refractivity (Wildman–Crippen MR) is 78.4 cm³/mol. The van der Waals surface area contributed by atoms with Gasteiger partial charge in [-0.3, -0.25) is 4.90 Å². The monoisotopic (exact) mass is 244 g/mol. The lowest BCUT2D eigenvalue weighted by atomic mass is 10.1. The molecule has 1 aliphatic rings. The Hall–Kier alpha value is -1.12. The molecule has 2 rings (SSSR count). The van der Waals surface area contributed by atoms with Crippen LogP contribution in [0.5, 0.6) is 0 Å². The summed E-state index contributed by atoms with van der Waals surface area (Å²) in [5, 5.41) is 0. The molecule has 98 valence electrons. The Kier molecular flexibility index (Phi) is 5.43. The molecule has 1 aromatic carbocycles. The van der Waals surface area contributed by atoms with Gasteiger partial charge in [0.2, 0.25) is 0 Å². The number of hydrogen-bond acceptors (Lipinski definition) is 2. The third-order valence-electron chi connectivity index (χ3n) is 3.66. The van der Waals surface area contributed by atoms with Gasteiger partial charge in [-0.05, 0) is 31.5 Å². The highest BCUT2D eigenvalue weighted by atomic mass is 15.2. The van der Waals surface area contributed by atoms with E-state index in [2.05, 4.69) is 41.3 Å². The summed E-state index contributed by atoms with van der Waals surface area (Å²) >= 11 is 0. The number of likely N-dealkylation sites (tertiary alicyclic amines) is 1. The first kappa shape index (κ1) is 13.3. The maximum atomic E-state index is 5.93. The van der Waals surface area contributed by atoms with Gasteiger partial charge >= 0.3 is 0 Å². The van der Waals surface area contributed by atoms with Crippen molar-refractivity contribution in [1.29, 1.82) is 0 Å². The Morgan fingerprint density at radius 3 is 2.33 bits per heavy atom. The highest BCUT2D eigenvalue weighted by Crippen LogP contribution is 2.13. The van der Waals surface area contributed by atoms with Crippen LogP contribution in [0, 0.1) is 0 Å². The maximum absolute atomic E-state index is 5.93. The second-order valence-corrected chi connectivity index (χ2v) is 5.02. The van der Waals surface area contributed by atoms with Crippen LogP contribution in [0.3, 0.4) is 0 Å². The topological polar surface area (TPSA) is 29.3 Å². The van der Waals surface area contributed by atoms with Gasteiger partial charge in [0.1, 0.15) is 0 Å². The van der Waals surface area contributed by atoms with Crippen LogP contribution in [-0.4, -0.2) is 30.6 Å². The predicted octanol–water partition coefficient (Wildman–Crippen LogP) is 2.90. The van der Waals surface area contributed by atoms with Gasteiger partial charge in [-0.1, -0.05) is 55.3 Å². The molecule has 0 aromatic heterocycles. The van der Waals surface area contributed by atoms with Crippen LogP contribution in [0.15, 0.2) is 36.4 Å². The van der Waals surface area contributed by atoms with Crippen molar-refractivity contribution in [1.82, 2.24) is 4.90 Å². The molecule has 2 N–H and O–H groups in total. The molecular formula is C16H24N2. The van der Waals surface area contributed by atoms with E-state index >= 15 is 0 Å². The van der Waals surface area contributed by atoms with Crippen LogP contribution >= 0.6 is 0 Å². The lowest BCUT2D eigenvalue weighted by Crippen LogP contribution is -2.39. The first-order valence-electron chi connectivity index (χ1n) is 7.07. The molecule has 1 heterocycles. The molecule has 0 aliphatic carbocycles. The lowest BCUT2D eigenvalue weighted by Gasteiger charge is -2.27. The van der Waals surface area contributed by atoms with Gasteiger partial charge < -0.3 is 5.73 Å². The van der Waals surface area contributed by atoms with Gasteiger partial charge in [0, 0.05) is 12.6 Å². The van der Waals surface area contributed by atoms with E-state index in [1.54, 1.807) is 0 Å². The van der Waals surface area contributed by atoms with E-state index in [-0.39, 0.29) is 0 Å². The van der Waals surface area contributed by atoms with Crippen molar-refractivity contribution in [3.63, 3.8) is 0 Å². The fraction of sp³-hybridized carbons (Fsp3) is 0.500. The molecule has 18 heavy (non-hydrogen) atoms. The molecule has 1 aromatic rings. The Labute approximate surface area is 110 Å². The van der Waals surface area contributed by atoms with Crippen LogP contribution in [0.4, 0.5) is 0 Å². The summed E-state index contributed by atoms with van der Waals surface area (Å²) < 4.78 is 0. The van der Waals surface area contributed by atoms with Gasteiger partial charge in [0.25, 0.3) is 0 Å². The zero-order chi connectivity index (χ0) is 12.6. The molecule has 2 heteroatoms. The summed E-state index contributed by atoms with van der Waals surface area (Å²) in [7, 11) is 0. The number of nitrogens with zero attached hydrogens (tertiary/aromatic N) is 1. The molecule has 0 spiro atoms. The fourth-order valence-electron chi connectivity index (χ4n) is 2.56. The molecule has 0 amide bonds. The highest BCUT2D eigenvalue weighted by molar-refractivity contribution is 5.49. The minimum Gasteiger partial charge on any atom is -0.329 e. The average Bonchev–Trinajstić information content (AvgIpc) is 2.70. The summed E-state index contributed by atoms with van der Waals surface area (Å²) in [6.45, 7) is 3.10. The molecule has 2 nitrogen and oxygen atoms in total. The van der Waals surface area contributed by atoms with E-state index < -0.39 is 0 Å². The number of nitrogens with two attached hydrogens (primary N) is 1. The van der Waals surface area contributed by atoms with Crippen molar-refractivity contribution in [2.24, 2.45) is 5.73 Å². The van der Waals surface area contributed by atoms with Gasteiger partial charge in [-0.15, -0.1) is 0 Å². The van der Waals surface area contributed by atoms with Crippen molar-refractivity contribution in [3.8, 4) is 0 Å². The second-order valence-electron chi connectivity index (χ2n) is 5.02. The van der Waals surface area contributed by atoms with Crippen LogP contribution in [0.2, 0.25) is 0 Å². The van der Waals surface area contributed by atoms with E-state index in [1.807, 2.05) is 6.07 Å². The molecule has 1 aliphatic heterocycles. The van der Waals surface area contributed by atoms with Crippen molar-refractivity contribution in [2.75, 3.05) is 19.6 Å². The summed E-state index contributed by atoms with van der Waals surface area (Å²) in [4.78, 5) is 2.53. The van der Waals surface area contributed by atoms with Crippen LogP contribution in [0.25, 0.3) is 6.08 Å². The third-order valence-corrected chi connectivity index (χ3v) is 3.66. The standard InChI is InChI=1S/C16H24N2/c17-14-16(18-12-6-1-2-7-13-18)11-10-15-8-4-3-5-9-15/h3-5,8-11,16H,1-2,6-7,12-14,17H2/b11-10-. The highest BCUT2D eigenvalue weighted by Gasteiger charge is 2.15. The zero-order valence-electron chi connectivity index (χ0n) is 11.1. The van der Waals surface area contributed by atoms with E-state index in [0.29, 0.717) is 12.6 Å². The Balaban J connectivity index is 1.97. The minimum atomic E-state index is 0.392. The molecule has 0 bridgehead atoms. The van der Waals surface area contributed by atoms with E-state index in [4.69, 9.17) is 5.73 Å². The molecule has 1 atom stereocenters. The van der Waals surface area contributed by atoms with E-state index in [1.165, 1.54) is 44.3 Å². The first-order valence-corrected chi connectivity index (χ1v) is 7.07. The SMILES string of the molecule is NCC(/C=C\c1ccccc1)N1CCCCCC1. The Morgan fingerprint density at radius 2 is 1.72 bits per heavy atom. The molecule has 1 fully saturated rings. The van der Waals surface area contributed by atoms with Crippen molar-refractivity contribution in [2.45, 2.75) is 31.7 Å². The van der Waals surface area contributed by atoms with Crippen molar-refractivity contribution in [3.05, 3.63) is 42.0 Å². The molecule has 0 saturated carbocycles. The lowest BCUT2D eigenvalue weighted by molar-refractivity contribution is 0.243. The van der Waals surface area contributed by atoms with E-state index in [9.17, 15) is 0 Å². The summed E-state index contributed by atoms with van der Waals surface area (Å²) in [6, 6.07) is 10.8. The summed E-state index contributed by atoms with van der Waals surface area (Å²) in [5.41, 5.74) is 7.18.